The van der Waals surface area contributed by atoms with E-state index in [0.717, 1.165) is 24.3 Å². The molecule has 15 heavy (non-hydrogen) atoms. The van der Waals surface area contributed by atoms with Crippen molar-refractivity contribution in [1.29, 1.82) is 0 Å². The lowest BCUT2D eigenvalue weighted by Gasteiger charge is -2.11. The van der Waals surface area contributed by atoms with Gasteiger partial charge < -0.3 is 9.90 Å². The molecule has 0 spiro atoms. The number of anilines is 1. The molecule has 0 fully saturated rings. The quantitative estimate of drug-likeness (QED) is 0.728. The number of carbonyl (C=O) groups excluding carboxylic acids is 1. The van der Waals surface area contributed by atoms with Crippen LogP contribution in [0.4, 0.5) is 23.7 Å². The van der Waals surface area contributed by atoms with Gasteiger partial charge in [0.2, 0.25) is 0 Å². The first kappa shape index (κ1) is 11.2. The summed E-state index contributed by atoms with van der Waals surface area (Å²) >= 11 is 0. The Morgan fingerprint density at radius 2 is 1.73 bits per heavy atom. The molecule has 0 saturated carbocycles. The van der Waals surface area contributed by atoms with Gasteiger partial charge in [0.05, 0.1) is 11.3 Å². The smallest absolute Gasteiger partial charge is 0.416 e. The van der Waals surface area contributed by atoms with Crippen molar-refractivity contribution in [2.45, 2.75) is 6.18 Å². The van der Waals surface area contributed by atoms with Crippen LogP contribution in [0.2, 0.25) is 0 Å². The molecule has 1 amide bonds. The summed E-state index contributed by atoms with van der Waals surface area (Å²) in [6, 6.07) is 3.86. The van der Waals surface area contributed by atoms with Crippen LogP contribution >= 0.6 is 0 Å². The number of carbonyl (C=O) groups is 1. The average molecular weight is 219 g/mol. The Morgan fingerprint density at radius 1 is 1.20 bits per heavy atom. The monoisotopic (exact) mass is 219 g/mol. The maximum Gasteiger partial charge on any atom is 0.416 e. The van der Waals surface area contributed by atoms with E-state index in [1.165, 1.54) is 0 Å². The van der Waals surface area contributed by atoms with Crippen molar-refractivity contribution < 1.29 is 23.1 Å². The van der Waals surface area contributed by atoms with Crippen molar-refractivity contribution in [3.63, 3.8) is 0 Å². The number of hydrazine groups is 1. The van der Waals surface area contributed by atoms with Crippen molar-refractivity contribution in [2.75, 3.05) is 5.43 Å². The number of alkyl halides is 3. The Hall–Kier alpha value is -1.92. The van der Waals surface area contributed by atoms with Crippen molar-refractivity contribution >= 4 is 11.8 Å². The van der Waals surface area contributed by atoms with E-state index in [2.05, 4.69) is 5.43 Å². The van der Waals surface area contributed by atoms with Crippen LogP contribution in [-0.4, -0.2) is 6.09 Å². The lowest BCUT2D eigenvalue weighted by Crippen LogP contribution is -2.40. The van der Waals surface area contributed by atoms with Crippen molar-refractivity contribution in [3.8, 4) is 0 Å². The minimum absolute atomic E-state index is 0.187. The van der Waals surface area contributed by atoms with E-state index in [4.69, 9.17) is 0 Å². The van der Waals surface area contributed by atoms with Crippen molar-refractivity contribution in [2.24, 2.45) is 0 Å². The summed E-state index contributed by atoms with van der Waals surface area (Å²) in [6.45, 7) is 0. The minimum Gasteiger partial charge on any atom is -0.529 e. The summed E-state index contributed by atoms with van der Waals surface area (Å²) in [7, 11) is 0. The Morgan fingerprint density at radius 3 is 2.13 bits per heavy atom. The third-order valence-corrected chi connectivity index (χ3v) is 1.52. The molecule has 0 radical (unpaired) electrons. The van der Waals surface area contributed by atoms with Gasteiger partial charge in [-0.3, -0.25) is 10.9 Å². The SMILES string of the molecule is O=C([O-])NNc1ccc(C(F)(F)F)cc1. The van der Waals surface area contributed by atoms with E-state index in [0.29, 0.717) is 0 Å². The highest BCUT2D eigenvalue weighted by Gasteiger charge is 2.29. The van der Waals surface area contributed by atoms with E-state index in [1.807, 2.05) is 0 Å². The van der Waals surface area contributed by atoms with Crippen LogP contribution in [0.15, 0.2) is 24.3 Å². The number of nitrogens with one attached hydrogen (secondary N) is 2. The fourth-order valence-electron chi connectivity index (χ4n) is 0.866. The Kier molecular flexibility index (Phi) is 3.03. The number of amides is 1. The number of hydrogen-bond acceptors (Lipinski definition) is 3. The molecule has 1 aromatic carbocycles. The molecule has 0 aliphatic rings. The minimum atomic E-state index is -4.40. The predicted molar refractivity (Wildman–Crippen MR) is 43.6 cm³/mol. The van der Waals surface area contributed by atoms with Crippen molar-refractivity contribution in [1.82, 2.24) is 5.43 Å². The van der Waals surface area contributed by atoms with E-state index >= 15 is 0 Å². The van der Waals surface area contributed by atoms with Gasteiger partial charge in [-0.15, -0.1) is 0 Å². The number of carboxylic acid groups (broad SMARTS) is 1. The molecule has 2 N–H and O–H groups in total. The van der Waals surface area contributed by atoms with Gasteiger partial charge in [-0.1, -0.05) is 0 Å². The van der Waals surface area contributed by atoms with Gasteiger partial charge in [0.1, 0.15) is 0 Å². The van der Waals surface area contributed by atoms with E-state index < -0.39 is 17.8 Å². The molecule has 0 unspecified atom stereocenters. The fourth-order valence-corrected chi connectivity index (χ4v) is 0.866. The molecule has 0 bridgehead atoms. The molecule has 1 aromatic rings. The zero-order valence-electron chi connectivity index (χ0n) is 7.26. The normalized spacial score (nSPS) is 10.9. The van der Waals surface area contributed by atoms with Gasteiger partial charge in [0.25, 0.3) is 0 Å². The Bertz CT molecular complexity index is 348. The van der Waals surface area contributed by atoms with Crippen LogP contribution in [-0.2, 0) is 6.18 Å². The molecule has 0 aliphatic carbocycles. The van der Waals surface area contributed by atoms with Gasteiger partial charge in [0.15, 0.2) is 6.09 Å². The van der Waals surface area contributed by atoms with Gasteiger partial charge >= 0.3 is 6.18 Å². The highest BCUT2D eigenvalue weighted by Crippen LogP contribution is 2.29. The Labute approximate surface area is 82.7 Å². The first-order valence-electron chi connectivity index (χ1n) is 3.80. The molecule has 0 heterocycles. The van der Waals surface area contributed by atoms with E-state index in [-0.39, 0.29) is 5.69 Å². The number of rotatable bonds is 2. The second kappa shape index (κ2) is 4.07. The van der Waals surface area contributed by atoms with E-state index in [9.17, 15) is 23.1 Å². The van der Waals surface area contributed by atoms with Crippen LogP contribution in [0, 0.1) is 0 Å². The van der Waals surface area contributed by atoms with Gasteiger partial charge in [-0.05, 0) is 24.3 Å². The van der Waals surface area contributed by atoms with Gasteiger partial charge in [0, 0.05) is 0 Å². The fraction of sp³-hybridized carbons (Fsp3) is 0.125. The molecule has 7 heteroatoms. The first-order chi connectivity index (χ1) is 6.89. The molecule has 82 valence electrons. The third-order valence-electron chi connectivity index (χ3n) is 1.52. The molecule has 4 nitrogen and oxygen atoms in total. The van der Waals surface area contributed by atoms with Crippen LogP contribution in [0.3, 0.4) is 0 Å². The number of hydrogen-bond donors (Lipinski definition) is 2. The van der Waals surface area contributed by atoms with Crippen LogP contribution in [0.25, 0.3) is 0 Å². The van der Waals surface area contributed by atoms with Crippen LogP contribution in [0.1, 0.15) is 5.56 Å². The maximum atomic E-state index is 12.1. The second-order valence-corrected chi connectivity index (χ2v) is 2.61. The zero-order chi connectivity index (χ0) is 11.5. The largest absolute Gasteiger partial charge is 0.529 e. The predicted octanol–water partition coefficient (Wildman–Crippen LogP) is 0.965. The molecule has 1 rings (SSSR count). The van der Waals surface area contributed by atoms with Crippen LogP contribution in [0.5, 0.6) is 0 Å². The summed E-state index contributed by atoms with van der Waals surface area (Å²) in [4.78, 5) is 9.93. The third kappa shape index (κ3) is 3.37. The lowest BCUT2D eigenvalue weighted by molar-refractivity contribution is -0.250. The highest BCUT2D eigenvalue weighted by atomic mass is 19.4. The first-order valence-corrected chi connectivity index (χ1v) is 3.80. The van der Waals surface area contributed by atoms with Gasteiger partial charge in [-0.2, -0.15) is 13.2 Å². The summed E-state index contributed by atoms with van der Waals surface area (Å²) in [5, 5.41) is 9.93. The van der Waals surface area contributed by atoms with Gasteiger partial charge in [-0.25, -0.2) is 0 Å². The second-order valence-electron chi connectivity index (χ2n) is 2.61. The topological polar surface area (TPSA) is 64.2 Å². The molecule has 0 aliphatic heterocycles. The lowest BCUT2D eigenvalue weighted by atomic mass is 10.2. The summed E-state index contributed by atoms with van der Waals surface area (Å²) in [5.41, 5.74) is 3.22. The Balaban J connectivity index is 2.69. The van der Waals surface area contributed by atoms with Crippen LogP contribution < -0.4 is 16.0 Å². The summed E-state index contributed by atoms with van der Waals surface area (Å²) in [6.07, 6.45) is -5.98. The maximum absolute atomic E-state index is 12.1. The molecular formula is C8H6F3N2O2-. The molecule has 0 atom stereocenters. The number of halogens is 3. The average Bonchev–Trinajstić information content (AvgIpc) is 2.14. The summed E-state index contributed by atoms with van der Waals surface area (Å²) in [5.74, 6) is 0. The van der Waals surface area contributed by atoms with E-state index in [1.54, 1.807) is 5.43 Å². The zero-order valence-corrected chi connectivity index (χ0v) is 7.26. The summed E-state index contributed by atoms with van der Waals surface area (Å²) < 4.78 is 36.3. The highest BCUT2D eigenvalue weighted by molar-refractivity contribution is 5.64. The number of benzene rings is 1. The van der Waals surface area contributed by atoms with Crippen molar-refractivity contribution in [3.05, 3.63) is 29.8 Å². The molecule has 0 saturated heterocycles. The molecule has 0 aromatic heterocycles. The standard InChI is InChI=1S/C8H7F3N2O2/c9-8(10,11)5-1-3-6(4-2-5)12-13-7(14)15/h1-4,12-13H,(H,14,15)/p-1. The molecular weight excluding hydrogens is 213 g/mol.